The number of carbonyl (C=O) groups excluding carboxylic acids is 3. The number of carbonyl (C=O) groups is 3. The van der Waals surface area contributed by atoms with E-state index in [2.05, 4.69) is 106 Å². The lowest BCUT2D eigenvalue weighted by Gasteiger charge is -2.18. The van der Waals surface area contributed by atoms with Gasteiger partial charge in [-0.1, -0.05) is 209 Å². The van der Waals surface area contributed by atoms with E-state index in [9.17, 15) is 14.4 Å². The fraction of sp³-hybridized carbons (Fsp3) is 0.696. The van der Waals surface area contributed by atoms with E-state index >= 15 is 0 Å². The number of rotatable bonds is 45. The Morgan fingerprint density at radius 1 is 0.339 bits per heavy atom. The zero-order chi connectivity index (χ0) is 45.1. The molecule has 0 aromatic rings. The molecule has 0 aromatic carbocycles. The first-order chi connectivity index (χ1) is 30.5. The molecule has 62 heavy (non-hydrogen) atoms. The third-order valence-corrected chi connectivity index (χ3v) is 10.6. The molecular formula is C56H94O6. The van der Waals surface area contributed by atoms with E-state index in [4.69, 9.17) is 14.2 Å². The van der Waals surface area contributed by atoms with Crippen LogP contribution in [0.1, 0.15) is 233 Å². The van der Waals surface area contributed by atoms with Crippen LogP contribution >= 0.6 is 0 Å². The molecule has 0 heterocycles. The van der Waals surface area contributed by atoms with Gasteiger partial charge in [0.05, 0.1) is 0 Å². The van der Waals surface area contributed by atoms with E-state index in [-0.39, 0.29) is 31.1 Å². The highest BCUT2D eigenvalue weighted by Gasteiger charge is 2.19. The minimum absolute atomic E-state index is 0.0879. The highest BCUT2D eigenvalue weighted by atomic mass is 16.6. The Labute approximate surface area is 382 Å². The van der Waals surface area contributed by atoms with E-state index < -0.39 is 6.10 Å². The van der Waals surface area contributed by atoms with Crippen LogP contribution in [0.4, 0.5) is 0 Å². The van der Waals surface area contributed by atoms with E-state index in [1.807, 2.05) is 0 Å². The highest BCUT2D eigenvalue weighted by molar-refractivity contribution is 5.71. The van der Waals surface area contributed by atoms with Crippen LogP contribution in [0, 0.1) is 0 Å². The van der Waals surface area contributed by atoms with Gasteiger partial charge in [-0.25, -0.2) is 0 Å². The zero-order valence-corrected chi connectivity index (χ0v) is 40.4. The van der Waals surface area contributed by atoms with Crippen LogP contribution in [-0.2, 0) is 28.6 Å². The van der Waals surface area contributed by atoms with Gasteiger partial charge in [0.2, 0.25) is 0 Å². The van der Waals surface area contributed by atoms with E-state index in [1.165, 1.54) is 51.4 Å². The van der Waals surface area contributed by atoms with Crippen LogP contribution in [0.25, 0.3) is 0 Å². The van der Waals surface area contributed by atoms with Gasteiger partial charge in [-0.15, -0.1) is 0 Å². The minimum Gasteiger partial charge on any atom is -0.462 e. The quantitative estimate of drug-likeness (QED) is 0.0263. The van der Waals surface area contributed by atoms with Crippen molar-refractivity contribution >= 4 is 17.9 Å². The number of ether oxygens (including phenoxy) is 3. The molecule has 1 unspecified atom stereocenters. The second-order valence-electron chi connectivity index (χ2n) is 16.7. The molecule has 0 rings (SSSR count). The van der Waals surface area contributed by atoms with Crippen LogP contribution in [0.2, 0.25) is 0 Å². The second kappa shape index (κ2) is 50.2. The number of hydrogen-bond donors (Lipinski definition) is 0. The minimum atomic E-state index is -0.789. The summed E-state index contributed by atoms with van der Waals surface area (Å²) < 4.78 is 16.7. The molecule has 0 amide bonds. The summed E-state index contributed by atoms with van der Waals surface area (Å²) in [7, 11) is 0. The van der Waals surface area contributed by atoms with Crippen LogP contribution in [0.5, 0.6) is 0 Å². The predicted molar refractivity (Wildman–Crippen MR) is 265 cm³/mol. The first kappa shape index (κ1) is 58.6. The van der Waals surface area contributed by atoms with Crippen LogP contribution in [-0.4, -0.2) is 37.2 Å². The van der Waals surface area contributed by atoms with Crippen molar-refractivity contribution in [1.29, 1.82) is 0 Å². The van der Waals surface area contributed by atoms with Gasteiger partial charge < -0.3 is 14.2 Å². The molecule has 0 aliphatic rings. The van der Waals surface area contributed by atoms with E-state index in [1.54, 1.807) is 0 Å². The normalized spacial score (nSPS) is 12.8. The summed E-state index contributed by atoms with van der Waals surface area (Å²) in [5, 5.41) is 0. The molecule has 0 aliphatic carbocycles. The van der Waals surface area contributed by atoms with Gasteiger partial charge in [0.25, 0.3) is 0 Å². The molecule has 0 radical (unpaired) electrons. The summed E-state index contributed by atoms with van der Waals surface area (Å²) in [6.07, 6.45) is 64.2. The molecule has 0 saturated carbocycles. The van der Waals surface area contributed by atoms with Crippen molar-refractivity contribution in [2.75, 3.05) is 13.2 Å². The van der Waals surface area contributed by atoms with Crippen molar-refractivity contribution in [3.8, 4) is 0 Å². The smallest absolute Gasteiger partial charge is 0.306 e. The maximum atomic E-state index is 12.8. The summed E-state index contributed by atoms with van der Waals surface area (Å²) >= 11 is 0. The van der Waals surface area contributed by atoms with Crippen molar-refractivity contribution in [3.05, 3.63) is 85.1 Å². The van der Waals surface area contributed by atoms with Crippen molar-refractivity contribution in [2.24, 2.45) is 0 Å². The topological polar surface area (TPSA) is 78.9 Å². The molecule has 1 atom stereocenters. The van der Waals surface area contributed by atoms with Crippen LogP contribution in [0.3, 0.4) is 0 Å². The molecule has 0 aliphatic heterocycles. The fourth-order valence-corrected chi connectivity index (χ4v) is 6.80. The number of allylic oxidation sites excluding steroid dienone is 14. The SMILES string of the molecule is CC/C=C\C/C=C\C/C=C\C/C=C\C/C=C\CCCCCCCC(=O)OCC(COC(=O)CCCCCCCCCCCC)OC(=O)CCCCCCC/C=C\C/C=C\CCC. The Morgan fingerprint density at radius 2 is 0.661 bits per heavy atom. The molecule has 0 spiro atoms. The van der Waals surface area contributed by atoms with Crippen molar-refractivity contribution < 1.29 is 28.6 Å². The molecule has 354 valence electrons. The predicted octanol–water partition coefficient (Wildman–Crippen LogP) is 16.8. The second-order valence-corrected chi connectivity index (χ2v) is 16.7. The number of esters is 3. The number of unbranched alkanes of at least 4 members (excludes halogenated alkanes) is 20. The van der Waals surface area contributed by atoms with E-state index in [0.29, 0.717) is 19.3 Å². The summed E-state index contributed by atoms with van der Waals surface area (Å²) in [6, 6.07) is 0. The van der Waals surface area contributed by atoms with Crippen molar-refractivity contribution in [1.82, 2.24) is 0 Å². The standard InChI is InChI=1S/C56H94O6/c1-4-7-10-13-16-19-22-24-25-26-27-28-29-30-31-33-34-37-40-43-46-49-55(58)61-52-53(51-60-54(57)48-45-42-39-36-21-18-15-12-9-6-3)62-56(59)50-47-44-41-38-35-32-23-20-17-14-11-8-5-2/h7,10-11,14,16,19-20,23-25,27-28,30-31,53H,4-6,8-9,12-13,15,17-18,21-22,26,29,32-52H2,1-3H3/b10-7-,14-11-,19-16-,23-20-,25-24-,28-27-,31-30-. The summed E-state index contributed by atoms with van der Waals surface area (Å²) in [5.41, 5.74) is 0. The zero-order valence-electron chi connectivity index (χ0n) is 40.4. The molecule has 0 saturated heterocycles. The first-order valence-corrected chi connectivity index (χ1v) is 25.6. The van der Waals surface area contributed by atoms with Gasteiger partial charge in [-0.05, 0) is 89.9 Å². The fourth-order valence-electron chi connectivity index (χ4n) is 6.80. The molecule has 0 fully saturated rings. The Balaban J connectivity index is 4.38. The Morgan fingerprint density at radius 3 is 1.05 bits per heavy atom. The van der Waals surface area contributed by atoms with Crippen LogP contribution < -0.4 is 0 Å². The average molecular weight is 863 g/mol. The average Bonchev–Trinajstić information content (AvgIpc) is 3.27. The lowest BCUT2D eigenvalue weighted by atomic mass is 10.1. The molecule has 6 heteroatoms. The third kappa shape index (κ3) is 47.6. The molecule has 0 aromatic heterocycles. The number of hydrogen-bond acceptors (Lipinski definition) is 6. The van der Waals surface area contributed by atoms with Crippen molar-refractivity contribution in [2.45, 2.75) is 239 Å². The highest BCUT2D eigenvalue weighted by Crippen LogP contribution is 2.14. The van der Waals surface area contributed by atoms with Gasteiger partial charge in [0.1, 0.15) is 13.2 Å². The molecule has 0 bridgehead atoms. The van der Waals surface area contributed by atoms with Gasteiger partial charge in [0, 0.05) is 19.3 Å². The Kier molecular flexibility index (Phi) is 47.5. The summed E-state index contributed by atoms with van der Waals surface area (Å²) in [6.45, 7) is 6.41. The molecular weight excluding hydrogens is 769 g/mol. The third-order valence-electron chi connectivity index (χ3n) is 10.6. The maximum absolute atomic E-state index is 12.8. The maximum Gasteiger partial charge on any atom is 0.306 e. The van der Waals surface area contributed by atoms with Gasteiger partial charge in [-0.3, -0.25) is 14.4 Å². The summed E-state index contributed by atoms with van der Waals surface area (Å²) in [5.74, 6) is -0.925. The van der Waals surface area contributed by atoms with Gasteiger partial charge >= 0.3 is 17.9 Å². The Hall–Kier alpha value is -3.41. The Bertz CT molecular complexity index is 1220. The van der Waals surface area contributed by atoms with Gasteiger partial charge in [-0.2, -0.15) is 0 Å². The largest absolute Gasteiger partial charge is 0.462 e. The van der Waals surface area contributed by atoms with Gasteiger partial charge in [0.15, 0.2) is 6.10 Å². The molecule has 0 N–H and O–H groups in total. The van der Waals surface area contributed by atoms with Crippen molar-refractivity contribution in [3.63, 3.8) is 0 Å². The molecule has 6 nitrogen and oxygen atoms in total. The van der Waals surface area contributed by atoms with E-state index in [0.717, 1.165) is 141 Å². The monoisotopic (exact) mass is 863 g/mol. The first-order valence-electron chi connectivity index (χ1n) is 25.6. The lowest BCUT2D eigenvalue weighted by Crippen LogP contribution is -2.30. The van der Waals surface area contributed by atoms with Crippen LogP contribution in [0.15, 0.2) is 85.1 Å². The summed E-state index contributed by atoms with van der Waals surface area (Å²) in [4.78, 5) is 37.9. The lowest BCUT2D eigenvalue weighted by molar-refractivity contribution is -0.167.